The first-order chi connectivity index (χ1) is 9.63. The van der Waals surface area contributed by atoms with E-state index < -0.39 is 0 Å². The summed E-state index contributed by atoms with van der Waals surface area (Å²) >= 11 is 1.70. The number of thiophene rings is 1. The zero-order chi connectivity index (χ0) is 14.5. The third kappa shape index (κ3) is 3.11. The summed E-state index contributed by atoms with van der Waals surface area (Å²) in [5, 5.41) is 2.04. The molecule has 0 aliphatic carbocycles. The first kappa shape index (κ1) is 14.4. The van der Waals surface area contributed by atoms with Gasteiger partial charge >= 0.3 is 0 Å². The molecule has 0 spiro atoms. The van der Waals surface area contributed by atoms with E-state index in [0.717, 1.165) is 6.42 Å². The lowest BCUT2D eigenvalue weighted by atomic mass is 10.1. The summed E-state index contributed by atoms with van der Waals surface area (Å²) in [5.41, 5.74) is 6.78. The van der Waals surface area contributed by atoms with Gasteiger partial charge in [-0.1, -0.05) is 12.1 Å². The van der Waals surface area contributed by atoms with E-state index in [1.807, 2.05) is 11.4 Å². The van der Waals surface area contributed by atoms with Gasteiger partial charge in [-0.3, -0.25) is 4.79 Å². The lowest BCUT2D eigenvalue weighted by Crippen LogP contribution is -2.29. The number of hydrogen-bond acceptors (Lipinski definition) is 4. The van der Waals surface area contributed by atoms with Crippen LogP contribution in [0.4, 0.5) is 5.69 Å². The largest absolute Gasteiger partial charge is 0.496 e. The number of methoxy groups -OCH3 is 1. The van der Waals surface area contributed by atoms with Crippen LogP contribution in [0, 0.1) is 0 Å². The zero-order valence-corrected chi connectivity index (χ0v) is 12.4. The Bertz CT molecular complexity index is 582. The van der Waals surface area contributed by atoms with Crippen molar-refractivity contribution in [2.75, 3.05) is 26.4 Å². The lowest BCUT2D eigenvalue weighted by Gasteiger charge is -2.19. The fourth-order valence-electron chi connectivity index (χ4n) is 1.97. The summed E-state index contributed by atoms with van der Waals surface area (Å²) in [4.78, 5) is 15.4. The van der Waals surface area contributed by atoms with Crippen LogP contribution in [0.5, 0.6) is 5.75 Å². The molecule has 1 aromatic carbocycles. The van der Waals surface area contributed by atoms with Crippen LogP contribution in [0.15, 0.2) is 35.7 Å². The van der Waals surface area contributed by atoms with Gasteiger partial charge in [0.1, 0.15) is 11.3 Å². The fraction of sp³-hybridized carbons (Fsp3) is 0.267. The van der Waals surface area contributed by atoms with E-state index in [4.69, 9.17) is 10.5 Å². The van der Waals surface area contributed by atoms with Gasteiger partial charge in [-0.25, -0.2) is 0 Å². The minimum atomic E-state index is -0.114. The maximum Gasteiger partial charge on any atom is 0.259 e. The van der Waals surface area contributed by atoms with Crippen molar-refractivity contribution in [3.63, 3.8) is 0 Å². The van der Waals surface area contributed by atoms with Crippen molar-refractivity contribution < 1.29 is 9.53 Å². The van der Waals surface area contributed by atoms with Gasteiger partial charge in [-0.15, -0.1) is 11.3 Å². The minimum absolute atomic E-state index is 0.114. The Morgan fingerprint density at radius 2 is 2.15 bits per heavy atom. The number of ether oxygens (including phenoxy) is 1. The zero-order valence-electron chi connectivity index (χ0n) is 11.6. The molecule has 1 amide bonds. The second kappa shape index (κ2) is 6.43. The maximum absolute atomic E-state index is 12.5. The van der Waals surface area contributed by atoms with Crippen molar-refractivity contribution >= 4 is 22.9 Å². The molecule has 0 aliphatic heterocycles. The van der Waals surface area contributed by atoms with Gasteiger partial charge in [0.2, 0.25) is 0 Å². The van der Waals surface area contributed by atoms with Crippen LogP contribution in [0.25, 0.3) is 0 Å². The molecule has 0 aliphatic rings. The molecule has 2 rings (SSSR count). The summed E-state index contributed by atoms with van der Waals surface area (Å²) in [5.74, 6) is 0.398. The van der Waals surface area contributed by atoms with Crippen molar-refractivity contribution in [1.29, 1.82) is 0 Å². The number of nitrogen functional groups attached to an aromatic ring is 1. The van der Waals surface area contributed by atoms with Crippen molar-refractivity contribution in [2.45, 2.75) is 6.42 Å². The average Bonchev–Trinajstić information content (AvgIpc) is 2.97. The van der Waals surface area contributed by atoms with Crippen molar-refractivity contribution in [2.24, 2.45) is 0 Å². The molecule has 0 saturated carbocycles. The topological polar surface area (TPSA) is 55.6 Å². The van der Waals surface area contributed by atoms with Crippen LogP contribution in [-0.4, -0.2) is 31.5 Å². The molecule has 5 heteroatoms. The number of benzene rings is 1. The van der Waals surface area contributed by atoms with Crippen LogP contribution < -0.4 is 10.5 Å². The number of nitrogens with two attached hydrogens (primary N) is 1. The third-order valence-corrected chi connectivity index (χ3v) is 4.05. The molecule has 1 heterocycles. The Hall–Kier alpha value is -2.01. The van der Waals surface area contributed by atoms with E-state index in [0.29, 0.717) is 23.5 Å². The molecule has 0 saturated heterocycles. The summed E-state index contributed by atoms with van der Waals surface area (Å²) in [6.45, 7) is 0.650. The van der Waals surface area contributed by atoms with Crippen molar-refractivity contribution in [3.8, 4) is 5.75 Å². The molecule has 0 atom stereocenters. The molecule has 0 unspecified atom stereocenters. The standard InChI is InChI=1S/C15H18N2O2S/c1-17(9-8-11-5-4-10-20-11)15(18)14-12(16)6-3-7-13(14)19-2/h3-7,10H,8-9,16H2,1-2H3. The lowest BCUT2D eigenvalue weighted by molar-refractivity contribution is 0.0794. The summed E-state index contributed by atoms with van der Waals surface area (Å²) in [7, 11) is 3.32. The molecular weight excluding hydrogens is 272 g/mol. The number of amides is 1. The van der Waals surface area contributed by atoms with Crippen LogP contribution >= 0.6 is 11.3 Å². The molecule has 106 valence electrons. The number of anilines is 1. The highest BCUT2D eigenvalue weighted by molar-refractivity contribution is 7.09. The van der Waals surface area contributed by atoms with E-state index in [2.05, 4.69) is 6.07 Å². The van der Waals surface area contributed by atoms with E-state index in [9.17, 15) is 4.79 Å². The highest BCUT2D eigenvalue weighted by Crippen LogP contribution is 2.25. The van der Waals surface area contributed by atoms with Gasteiger partial charge in [0.25, 0.3) is 5.91 Å². The predicted molar refractivity (Wildman–Crippen MR) is 82.4 cm³/mol. The second-order valence-corrected chi connectivity index (χ2v) is 5.51. The van der Waals surface area contributed by atoms with Gasteiger partial charge in [-0.2, -0.15) is 0 Å². The molecule has 0 fully saturated rings. The van der Waals surface area contributed by atoms with Crippen LogP contribution in [0.1, 0.15) is 15.2 Å². The van der Waals surface area contributed by atoms with E-state index in [1.54, 1.807) is 41.5 Å². The molecule has 2 N–H and O–H groups in total. The first-order valence-corrected chi connectivity index (χ1v) is 7.21. The molecule has 0 radical (unpaired) electrons. The highest BCUT2D eigenvalue weighted by Gasteiger charge is 2.19. The Morgan fingerprint density at radius 1 is 1.35 bits per heavy atom. The molecule has 1 aromatic heterocycles. The molecule has 2 aromatic rings. The number of rotatable bonds is 5. The molecule has 20 heavy (non-hydrogen) atoms. The molecule has 0 bridgehead atoms. The Balaban J connectivity index is 2.10. The third-order valence-electron chi connectivity index (χ3n) is 3.11. The number of carbonyl (C=O) groups is 1. The summed E-state index contributed by atoms with van der Waals surface area (Å²) in [6, 6.07) is 9.32. The predicted octanol–water partition coefficient (Wildman–Crippen LogP) is 2.65. The van der Waals surface area contributed by atoms with Crippen LogP contribution in [-0.2, 0) is 6.42 Å². The van der Waals surface area contributed by atoms with E-state index >= 15 is 0 Å². The number of likely N-dealkylation sites (N-methyl/N-ethyl adjacent to an activating group) is 1. The Kier molecular flexibility index (Phi) is 4.63. The quantitative estimate of drug-likeness (QED) is 0.861. The first-order valence-electron chi connectivity index (χ1n) is 6.33. The fourth-order valence-corrected chi connectivity index (χ4v) is 2.67. The summed E-state index contributed by atoms with van der Waals surface area (Å²) in [6.07, 6.45) is 0.842. The second-order valence-electron chi connectivity index (χ2n) is 4.48. The van der Waals surface area contributed by atoms with Gasteiger partial charge in [0.15, 0.2) is 0 Å². The number of nitrogens with zero attached hydrogens (tertiary/aromatic N) is 1. The monoisotopic (exact) mass is 290 g/mol. The smallest absolute Gasteiger partial charge is 0.259 e. The van der Waals surface area contributed by atoms with E-state index in [1.165, 1.54) is 12.0 Å². The Labute approximate surface area is 122 Å². The Morgan fingerprint density at radius 3 is 2.80 bits per heavy atom. The van der Waals surface area contributed by atoms with Crippen molar-refractivity contribution in [1.82, 2.24) is 4.90 Å². The maximum atomic E-state index is 12.5. The molecular formula is C15H18N2O2S. The molecule has 4 nitrogen and oxygen atoms in total. The van der Waals surface area contributed by atoms with E-state index in [-0.39, 0.29) is 5.91 Å². The van der Waals surface area contributed by atoms with Crippen LogP contribution in [0.3, 0.4) is 0 Å². The highest BCUT2D eigenvalue weighted by atomic mass is 32.1. The average molecular weight is 290 g/mol. The summed E-state index contributed by atoms with van der Waals surface area (Å²) < 4.78 is 5.22. The minimum Gasteiger partial charge on any atom is -0.496 e. The number of carbonyl (C=O) groups excluding carboxylic acids is 1. The van der Waals surface area contributed by atoms with Gasteiger partial charge in [0, 0.05) is 24.2 Å². The number of hydrogen-bond donors (Lipinski definition) is 1. The van der Waals surface area contributed by atoms with Gasteiger partial charge in [0.05, 0.1) is 7.11 Å². The van der Waals surface area contributed by atoms with Crippen LogP contribution in [0.2, 0.25) is 0 Å². The van der Waals surface area contributed by atoms with Gasteiger partial charge in [-0.05, 0) is 30.0 Å². The normalized spacial score (nSPS) is 10.3. The van der Waals surface area contributed by atoms with Crippen molar-refractivity contribution in [3.05, 3.63) is 46.2 Å². The SMILES string of the molecule is COc1cccc(N)c1C(=O)N(C)CCc1cccs1. The van der Waals surface area contributed by atoms with Gasteiger partial charge < -0.3 is 15.4 Å².